The van der Waals surface area contributed by atoms with Gasteiger partial charge in [0, 0.05) is 4.43 Å². The van der Waals surface area contributed by atoms with Crippen molar-refractivity contribution in [1.29, 1.82) is 0 Å². The summed E-state index contributed by atoms with van der Waals surface area (Å²) >= 11 is 2.37. The van der Waals surface area contributed by atoms with Gasteiger partial charge in [-0.15, -0.1) is 0 Å². The van der Waals surface area contributed by atoms with E-state index < -0.39 is 0 Å². The molecule has 2 rings (SSSR count). The molecule has 0 amide bonds. The topological polar surface area (TPSA) is 27.7 Å². The third-order valence-electron chi connectivity index (χ3n) is 2.37. The minimum atomic E-state index is 0.193. The quantitative estimate of drug-likeness (QED) is 0.566. The van der Waals surface area contributed by atoms with Crippen molar-refractivity contribution in [2.45, 2.75) is 31.2 Å². The van der Waals surface area contributed by atoms with E-state index in [2.05, 4.69) is 22.6 Å². The molecule has 0 saturated carbocycles. The first-order valence-corrected chi connectivity index (χ1v) is 5.83. The first-order valence-electron chi connectivity index (χ1n) is 4.31. The molecule has 2 saturated heterocycles. The average molecular weight is 284 g/mol. The summed E-state index contributed by atoms with van der Waals surface area (Å²) in [6.07, 6.45) is 3.22. The van der Waals surface area contributed by atoms with Crippen LogP contribution in [0.4, 0.5) is 0 Å². The molecular formula is C8H13IO3. The van der Waals surface area contributed by atoms with Gasteiger partial charge < -0.3 is 14.2 Å². The van der Waals surface area contributed by atoms with Crippen molar-refractivity contribution in [3.63, 3.8) is 0 Å². The van der Waals surface area contributed by atoms with Crippen molar-refractivity contribution in [3.05, 3.63) is 0 Å². The standard InChI is InChI=1S/C8H13IO3/c9-3-6-1-2-7(12-6)8-4-10-5-11-8/h6-8H,1-5H2/t6-,7-,8+/m0/s1. The number of rotatable bonds is 2. The first-order chi connectivity index (χ1) is 5.90. The lowest BCUT2D eigenvalue weighted by Gasteiger charge is -2.16. The fourth-order valence-corrected chi connectivity index (χ4v) is 2.33. The predicted molar refractivity (Wildman–Crippen MR) is 52.5 cm³/mol. The van der Waals surface area contributed by atoms with Gasteiger partial charge in [0.25, 0.3) is 0 Å². The molecule has 0 unspecified atom stereocenters. The van der Waals surface area contributed by atoms with Crippen LogP contribution in [0.2, 0.25) is 0 Å². The Morgan fingerprint density at radius 2 is 2.17 bits per heavy atom. The van der Waals surface area contributed by atoms with E-state index in [1.165, 1.54) is 6.42 Å². The van der Waals surface area contributed by atoms with Crippen molar-refractivity contribution in [3.8, 4) is 0 Å². The zero-order valence-corrected chi connectivity index (χ0v) is 9.03. The molecule has 0 aromatic heterocycles. The maximum atomic E-state index is 5.78. The number of hydrogen-bond acceptors (Lipinski definition) is 3. The summed E-state index contributed by atoms with van der Waals surface area (Å²) in [5.41, 5.74) is 0. The summed E-state index contributed by atoms with van der Waals surface area (Å²) in [5, 5.41) is 0. The minimum Gasteiger partial charge on any atom is -0.371 e. The molecule has 4 heteroatoms. The van der Waals surface area contributed by atoms with Crippen LogP contribution in [0.5, 0.6) is 0 Å². The van der Waals surface area contributed by atoms with Crippen molar-refractivity contribution in [2.24, 2.45) is 0 Å². The Hall–Kier alpha value is 0.610. The van der Waals surface area contributed by atoms with Gasteiger partial charge in [-0.1, -0.05) is 22.6 Å². The molecular weight excluding hydrogens is 271 g/mol. The molecule has 2 aliphatic rings. The molecule has 2 aliphatic heterocycles. The fourth-order valence-electron chi connectivity index (χ4n) is 1.68. The molecule has 2 heterocycles. The van der Waals surface area contributed by atoms with Crippen LogP contribution in [0, 0.1) is 0 Å². The van der Waals surface area contributed by atoms with Gasteiger partial charge in [0.1, 0.15) is 12.9 Å². The van der Waals surface area contributed by atoms with Gasteiger partial charge in [0.2, 0.25) is 0 Å². The Balaban J connectivity index is 1.81. The van der Waals surface area contributed by atoms with Crippen LogP contribution in [0.15, 0.2) is 0 Å². The van der Waals surface area contributed by atoms with E-state index in [0.29, 0.717) is 19.5 Å². The van der Waals surface area contributed by atoms with E-state index in [4.69, 9.17) is 14.2 Å². The normalized spacial score (nSPS) is 42.2. The minimum absolute atomic E-state index is 0.193. The molecule has 3 atom stereocenters. The van der Waals surface area contributed by atoms with Gasteiger partial charge in [-0.05, 0) is 12.8 Å². The van der Waals surface area contributed by atoms with Crippen molar-refractivity contribution in [2.75, 3.05) is 17.8 Å². The Morgan fingerprint density at radius 3 is 2.75 bits per heavy atom. The molecule has 2 fully saturated rings. The molecule has 0 aromatic carbocycles. The average Bonchev–Trinajstić information content (AvgIpc) is 2.75. The molecule has 3 nitrogen and oxygen atoms in total. The van der Waals surface area contributed by atoms with Crippen LogP contribution in [0.25, 0.3) is 0 Å². The van der Waals surface area contributed by atoms with Crippen LogP contribution in [0.1, 0.15) is 12.8 Å². The van der Waals surface area contributed by atoms with Crippen LogP contribution >= 0.6 is 22.6 Å². The largest absolute Gasteiger partial charge is 0.371 e. The second-order valence-corrected chi connectivity index (χ2v) is 4.10. The monoisotopic (exact) mass is 284 g/mol. The number of alkyl halides is 1. The summed E-state index contributed by atoms with van der Waals surface area (Å²) in [7, 11) is 0. The van der Waals surface area contributed by atoms with Gasteiger partial charge >= 0.3 is 0 Å². The maximum Gasteiger partial charge on any atom is 0.147 e. The molecule has 70 valence electrons. The Labute approximate surface area is 85.9 Å². The van der Waals surface area contributed by atoms with Crippen LogP contribution < -0.4 is 0 Å². The second kappa shape index (κ2) is 4.21. The fraction of sp³-hybridized carbons (Fsp3) is 1.00. The lowest BCUT2D eigenvalue weighted by Crippen LogP contribution is -2.28. The van der Waals surface area contributed by atoms with Crippen LogP contribution in [0.3, 0.4) is 0 Å². The highest BCUT2D eigenvalue weighted by Gasteiger charge is 2.33. The van der Waals surface area contributed by atoms with Crippen LogP contribution in [-0.4, -0.2) is 36.1 Å². The summed E-state index contributed by atoms with van der Waals surface area (Å²) in [4.78, 5) is 0. The molecule has 0 N–H and O–H groups in total. The SMILES string of the molecule is IC[C@@H]1CC[C@@H]([C@H]2COCO2)O1. The smallest absolute Gasteiger partial charge is 0.147 e. The highest BCUT2D eigenvalue weighted by molar-refractivity contribution is 14.1. The van der Waals surface area contributed by atoms with E-state index in [-0.39, 0.29) is 12.2 Å². The van der Waals surface area contributed by atoms with E-state index in [9.17, 15) is 0 Å². The van der Waals surface area contributed by atoms with Gasteiger partial charge in [-0.25, -0.2) is 0 Å². The summed E-state index contributed by atoms with van der Waals surface area (Å²) in [6, 6.07) is 0. The second-order valence-electron chi connectivity index (χ2n) is 3.22. The predicted octanol–water partition coefficient (Wildman–Crippen LogP) is 1.34. The number of hydrogen-bond donors (Lipinski definition) is 0. The number of ether oxygens (including phenoxy) is 3. The molecule has 0 bridgehead atoms. The van der Waals surface area contributed by atoms with Gasteiger partial charge in [0.15, 0.2) is 0 Å². The Kier molecular flexibility index (Phi) is 3.22. The zero-order chi connectivity index (χ0) is 8.39. The first kappa shape index (κ1) is 9.18. The molecule has 0 radical (unpaired) electrons. The van der Waals surface area contributed by atoms with Crippen molar-refractivity contribution >= 4 is 22.6 Å². The van der Waals surface area contributed by atoms with E-state index in [1.807, 2.05) is 0 Å². The summed E-state index contributed by atoms with van der Waals surface area (Å²) < 4.78 is 17.4. The van der Waals surface area contributed by atoms with Gasteiger partial charge in [-0.3, -0.25) is 0 Å². The Morgan fingerprint density at radius 1 is 1.25 bits per heavy atom. The van der Waals surface area contributed by atoms with E-state index in [0.717, 1.165) is 10.8 Å². The van der Waals surface area contributed by atoms with Gasteiger partial charge in [-0.2, -0.15) is 0 Å². The lowest BCUT2D eigenvalue weighted by molar-refractivity contribution is -0.0394. The molecule has 12 heavy (non-hydrogen) atoms. The summed E-state index contributed by atoms with van der Waals surface area (Å²) in [6.45, 7) is 1.15. The number of halogens is 1. The van der Waals surface area contributed by atoms with Gasteiger partial charge in [0.05, 0.1) is 18.8 Å². The van der Waals surface area contributed by atoms with E-state index in [1.54, 1.807) is 0 Å². The van der Waals surface area contributed by atoms with Crippen molar-refractivity contribution < 1.29 is 14.2 Å². The van der Waals surface area contributed by atoms with E-state index >= 15 is 0 Å². The highest BCUT2D eigenvalue weighted by atomic mass is 127. The zero-order valence-electron chi connectivity index (χ0n) is 6.87. The van der Waals surface area contributed by atoms with Crippen LogP contribution in [-0.2, 0) is 14.2 Å². The summed E-state index contributed by atoms with van der Waals surface area (Å²) in [5.74, 6) is 0. The third kappa shape index (κ3) is 1.92. The van der Waals surface area contributed by atoms with Crippen molar-refractivity contribution in [1.82, 2.24) is 0 Å². The Bertz CT molecular complexity index is 147. The molecule has 0 aromatic rings. The lowest BCUT2D eigenvalue weighted by atomic mass is 10.1. The maximum absolute atomic E-state index is 5.78. The molecule has 0 aliphatic carbocycles. The highest BCUT2D eigenvalue weighted by Crippen LogP contribution is 2.26. The molecule has 0 spiro atoms. The third-order valence-corrected chi connectivity index (χ3v) is 3.36.